The Labute approximate surface area is 256 Å². The Bertz CT molecular complexity index is 1610. The molecule has 2 aliphatic rings. The van der Waals surface area contributed by atoms with Gasteiger partial charge in [-0.15, -0.1) is 0 Å². The molecule has 1 saturated carbocycles. The molecule has 3 amide bonds. The number of benzene rings is 2. The number of carbonyl (C=O) groups is 3. The van der Waals surface area contributed by atoms with Crippen LogP contribution in [0.4, 0.5) is 29.5 Å². The monoisotopic (exact) mass is 625 g/mol. The highest BCUT2D eigenvalue weighted by Crippen LogP contribution is 2.36. The fourth-order valence-corrected chi connectivity index (χ4v) is 5.67. The highest BCUT2D eigenvalue weighted by molar-refractivity contribution is 6.31. The van der Waals surface area contributed by atoms with Gasteiger partial charge in [-0.25, -0.2) is 22.9 Å². The third-order valence-corrected chi connectivity index (χ3v) is 7.96. The molecule has 3 aromatic rings. The summed E-state index contributed by atoms with van der Waals surface area (Å²) >= 11 is 6.53. The Hall–Kier alpha value is -4.63. The Kier molecular flexibility index (Phi) is 9.06. The SMILES string of the molecule is N#Cc1ccnc(N2C(=O)OC[C@@H]2CC(=O)N(c2cccc(F)c2)[C@H](C(=O)NC2CCC(F)(F)CC2)c2ccccc2Cl)c1. The second-order valence-electron chi connectivity index (χ2n) is 10.6. The largest absolute Gasteiger partial charge is 0.447 e. The average Bonchev–Trinajstić information content (AvgIpc) is 3.36. The molecule has 9 nitrogen and oxygen atoms in total. The lowest BCUT2D eigenvalue weighted by molar-refractivity contribution is -0.128. The summed E-state index contributed by atoms with van der Waals surface area (Å²) in [5.74, 6) is -4.77. The van der Waals surface area contributed by atoms with Crippen molar-refractivity contribution in [1.29, 1.82) is 5.26 Å². The zero-order valence-corrected chi connectivity index (χ0v) is 24.0. The number of halogens is 4. The smallest absolute Gasteiger partial charge is 0.415 e. The molecule has 2 heterocycles. The van der Waals surface area contributed by atoms with Crippen LogP contribution in [0.3, 0.4) is 0 Å². The topological polar surface area (TPSA) is 116 Å². The minimum Gasteiger partial charge on any atom is -0.447 e. The van der Waals surface area contributed by atoms with Gasteiger partial charge in [-0.1, -0.05) is 35.9 Å². The molecule has 2 aromatic carbocycles. The van der Waals surface area contributed by atoms with Gasteiger partial charge in [0.2, 0.25) is 17.7 Å². The van der Waals surface area contributed by atoms with Crippen LogP contribution in [-0.2, 0) is 14.3 Å². The Morgan fingerprint density at radius 3 is 2.61 bits per heavy atom. The molecule has 5 rings (SSSR count). The lowest BCUT2D eigenvalue weighted by Crippen LogP contribution is -2.49. The lowest BCUT2D eigenvalue weighted by Gasteiger charge is -2.35. The van der Waals surface area contributed by atoms with E-state index in [1.807, 2.05) is 6.07 Å². The predicted molar refractivity (Wildman–Crippen MR) is 155 cm³/mol. The van der Waals surface area contributed by atoms with Crippen LogP contribution >= 0.6 is 11.6 Å². The number of amides is 3. The van der Waals surface area contributed by atoms with Gasteiger partial charge in [-0.2, -0.15) is 5.26 Å². The van der Waals surface area contributed by atoms with E-state index in [2.05, 4.69) is 10.3 Å². The first kappa shape index (κ1) is 30.8. The number of hydrogen-bond acceptors (Lipinski definition) is 6. The van der Waals surface area contributed by atoms with E-state index in [-0.39, 0.29) is 53.5 Å². The Morgan fingerprint density at radius 1 is 1.16 bits per heavy atom. The van der Waals surface area contributed by atoms with Gasteiger partial charge in [0.25, 0.3) is 0 Å². The van der Waals surface area contributed by atoms with E-state index in [4.69, 9.17) is 16.3 Å². The number of rotatable bonds is 8. The van der Waals surface area contributed by atoms with Crippen molar-refractivity contribution in [3.63, 3.8) is 0 Å². The van der Waals surface area contributed by atoms with E-state index in [1.165, 1.54) is 42.6 Å². The molecule has 0 unspecified atom stereocenters. The number of carbonyl (C=O) groups excluding carboxylic acids is 3. The van der Waals surface area contributed by atoms with Crippen LogP contribution in [-0.4, -0.2) is 47.5 Å². The first-order valence-electron chi connectivity index (χ1n) is 13.9. The molecule has 44 heavy (non-hydrogen) atoms. The first-order valence-corrected chi connectivity index (χ1v) is 14.3. The number of ether oxygens (including phenoxy) is 1. The van der Waals surface area contributed by atoms with Crippen molar-refractivity contribution < 1.29 is 32.3 Å². The number of pyridine rings is 1. The van der Waals surface area contributed by atoms with Crippen LogP contribution in [0.1, 0.15) is 49.3 Å². The van der Waals surface area contributed by atoms with E-state index >= 15 is 0 Å². The van der Waals surface area contributed by atoms with E-state index in [1.54, 1.807) is 18.2 Å². The summed E-state index contributed by atoms with van der Waals surface area (Å²) in [5, 5.41) is 12.3. The van der Waals surface area contributed by atoms with Crippen LogP contribution in [0.25, 0.3) is 0 Å². The van der Waals surface area contributed by atoms with Crippen molar-refractivity contribution in [2.75, 3.05) is 16.4 Å². The van der Waals surface area contributed by atoms with Gasteiger partial charge < -0.3 is 10.1 Å². The van der Waals surface area contributed by atoms with Crippen LogP contribution in [0.5, 0.6) is 0 Å². The van der Waals surface area contributed by atoms with Crippen molar-refractivity contribution in [3.8, 4) is 6.07 Å². The van der Waals surface area contributed by atoms with Gasteiger partial charge in [0.05, 0.1) is 24.1 Å². The number of aromatic nitrogens is 1. The normalized spacial score (nSPS) is 18.7. The molecule has 0 spiro atoms. The van der Waals surface area contributed by atoms with Crippen molar-refractivity contribution in [1.82, 2.24) is 10.3 Å². The first-order chi connectivity index (χ1) is 21.1. The summed E-state index contributed by atoms with van der Waals surface area (Å²) in [7, 11) is 0. The van der Waals surface area contributed by atoms with E-state index in [0.717, 1.165) is 15.9 Å². The fourth-order valence-electron chi connectivity index (χ4n) is 5.43. The number of cyclic esters (lactones) is 1. The molecule has 0 bridgehead atoms. The molecule has 228 valence electrons. The molecular formula is C31H27ClF3N5O4. The molecular weight excluding hydrogens is 599 g/mol. The highest BCUT2D eigenvalue weighted by Gasteiger charge is 2.42. The van der Waals surface area contributed by atoms with Gasteiger partial charge in [-0.05, 0) is 49.2 Å². The minimum absolute atomic E-state index is 0.0339. The second-order valence-corrected chi connectivity index (χ2v) is 11.0. The minimum atomic E-state index is -2.82. The van der Waals surface area contributed by atoms with Crippen molar-refractivity contribution in [2.24, 2.45) is 0 Å². The van der Waals surface area contributed by atoms with E-state index in [9.17, 15) is 32.8 Å². The third kappa shape index (κ3) is 6.78. The number of anilines is 2. The van der Waals surface area contributed by atoms with Gasteiger partial charge in [0.1, 0.15) is 24.3 Å². The molecule has 2 fully saturated rings. The highest BCUT2D eigenvalue weighted by atomic mass is 35.5. The number of hydrogen-bond donors (Lipinski definition) is 1. The molecule has 0 radical (unpaired) electrons. The average molecular weight is 626 g/mol. The van der Waals surface area contributed by atoms with Crippen molar-refractivity contribution in [2.45, 2.75) is 56.2 Å². The van der Waals surface area contributed by atoms with Crippen molar-refractivity contribution >= 4 is 41.0 Å². The predicted octanol–water partition coefficient (Wildman–Crippen LogP) is 5.93. The Morgan fingerprint density at radius 2 is 1.91 bits per heavy atom. The fraction of sp³-hybridized carbons (Fsp3) is 0.323. The number of nitrogens with zero attached hydrogens (tertiary/aromatic N) is 4. The molecule has 2 atom stereocenters. The number of alkyl halides is 2. The summed E-state index contributed by atoms with van der Waals surface area (Å²) in [6.45, 7) is -0.195. The third-order valence-electron chi connectivity index (χ3n) is 7.62. The molecule has 1 N–H and O–H groups in total. The molecule has 1 saturated heterocycles. The quantitative estimate of drug-likeness (QED) is 0.332. The lowest BCUT2D eigenvalue weighted by atomic mass is 9.91. The summed E-state index contributed by atoms with van der Waals surface area (Å²) in [6.07, 6.45) is -0.541. The maximum absolute atomic E-state index is 14.6. The summed E-state index contributed by atoms with van der Waals surface area (Å²) in [4.78, 5) is 47.3. The standard InChI is InChI=1S/C31H27ClF3N5O4/c32-25-7-2-1-6-24(25)28(29(42)38-21-8-11-31(34,35)12-9-21)40(22-5-3-4-20(33)15-22)27(41)16-23-18-44-30(43)39(23)26-14-19(17-36)10-13-37-26/h1-7,10,13-15,21,23,28H,8-9,11-12,16,18H2,(H,38,42)/t23-,28-/m0/s1. The maximum Gasteiger partial charge on any atom is 0.415 e. The number of nitriles is 1. The summed E-state index contributed by atoms with van der Waals surface area (Å²) < 4.78 is 47.4. The number of nitrogens with one attached hydrogen (secondary N) is 1. The molecule has 13 heteroatoms. The van der Waals surface area contributed by atoms with Gasteiger partial charge in [0.15, 0.2) is 0 Å². The molecule has 1 aliphatic carbocycles. The van der Waals surface area contributed by atoms with Crippen LogP contribution in [0.2, 0.25) is 5.02 Å². The van der Waals surface area contributed by atoms with Crippen LogP contribution in [0.15, 0.2) is 66.9 Å². The molecule has 1 aliphatic heterocycles. The zero-order chi connectivity index (χ0) is 31.4. The van der Waals surface area contributed by atoms with E-state index in [0.29, 0.717) is 0 Å². The maximum atomic E-state index is 14.6. The van der Waals surface area contributed by atoms with Gasteiger partial charge in [-0.3, -0.25) is 19.4 Å². The van der Waals surface area contributed by atoms with Gasteiger partial charge in [0, 0.05) is 41.4 Å². The van der Waals surface area contributed by atoms with Gasteiger partial charge >= 0.3 is 6.09 Å². The summed E-state index contributed by atoms with van der Waals surface area (Å²) in [6, 6.07) is 13.3. The Balaban J connectivity index is 1.52. The zero-order valence-electron chi connectivity index (χ0n) is 23.3. The van der Waals surface area contributed by atoms with E-state index < -0.39 is 60.6 Å². The molecule has 1 aromatic heterocycles. The second kappa shape index (κ2) is 12.9. The van der Waals surface area contributed by atoms with Crippen LogP contribution < -0.4 is 15.1 Å². The summed E-state index contributed by atoms with van der Waals surface area (Å²) in [5.41, 5.74) is 0.494. The van der Waals surface area contributed by atoms with Crippen LogP contribution in [0, 0.1) is 17.1 Å². The van der Waals surface area contributed by atoms with Crippen molar-refractivity contribution in [3.05, 3.63) is 88.8 Å².